The minimum Gasteiger partial charge on any atom is -0.508 e. The number of rotatable bonds is 5. The number of alkyl halides is 1. The molecular formula is C21H25FN2O2. The fraction of sp³-hybridized carbons (Fsp3) is 0.381. The lowest BCUT2D eigenvalue weighted by molar-refractivity contribution is 0.0517. The molecule has 1 aliphatic rings. The van der Waals surface area contributed by atoms with Crippen molar-refractivity contribution in [1.82, 2.24) is 10.2 Å². The Hall–Kier alpha value is -2.40. The van der Waals surface area contributed by atoms with E-state index in [2.05, 4.69) is 41.4 Å². The van der Waals surface area contributed by atoms with Gasteiger partial charge in [0.05, 0.1) is 6.54 Å². The maximum absolute atomic E-state index is 15.0. The summed E-state index contributed by atoms with van der Waals surface area (Å²) in [7, 11) is 0. The van der Waals surface area contributed by atoms with Gasteiger partial charge in [-0.15, -0.1) is 0 Å². The Balaban J connectivity index is 1.47. The van der Waals surface area contributed by atoms with Crippen LogP contribution < -0.4 is 5.32 Å². The van der Waals surface area contributed by atoms with Gasteiger partial charge in [-0.2, -0.15) is 0 Å². The minimum atomic E-state index is -1.36. The number of aromatic hydroxyl groups is 1. The number of nitrogens with one attached hydrogen (secondary N) is 1. The van der Waals surface area contributed by atoms with Crippen LogP contribution >= 0.6 is 0 Å². The van der Waals surface area contributed by atoms with E-state index in [4.69, 9.17) is 0 Å². The van der Waals surface area contributed by atoms with Crippen molar-refractivity contribution in [3.8, 4) is 5.75 Å². The Bertz CT molecular complexity index is 736. The second kappa shape index (κ2) is 7.87. The molecule has 0 aliphatic carbocycles. The van der Waals surface area contributed by atoms with Gasteiger partial charge in [-0.1, -0.05) is 29.8 Å². The number of hydrogen-bond acceptors (Lipinski definition) is 3. The summed E-state index contributed by atoms with van der Waals surface area (Å²) in [5, 5.41) is 11.9. The Kier molecular flexibility index (Phi) is 5.57. The molecule has 1 heterocycles. The highest BCUT2D eigenvalue weighted by atomic mass is 19.1. The van der Waals surface area contributed by atoms with Gasteiger partial charge < -0.3 is 10.4 Å². The lowest BCUT2D eigenvalue weighted by Gasteiger charge is -2.36. The molecule has 0 aromatic heterocycles. The van der Waals surface area contributed by atoms with Crippen LogP contribution in [0.25, 0.3) is 0 Å². The molecule has 0 unspecified atom stereocenters. The normalized spacial score (nSPS) is 17.0. The largest absolute Gasteiger partial charge is 0.508 e. The maximum Gasteiger partial charge on any atom is 0.251 e. The summed E-state index contributed by atoms with van der Waals surface area (Å²) in [6, 6.07) is 14.4. The van der Waals surface area contributed by atoms with Crippen molar-refractivity contribution in [2.45, 2.75) is 32.0 Å². The molecule has 4 nitrogen and oxygen atoms in total. The third-order valence-corrected chi connectivity index (χ3v) is 4.97. The fourth-order valence-electron chi connectivity index (χ4n) is 3.19. The molecule has 138 valence electrons. The first-order valence-electron chi connectivity index (χ1n) is 8.98. The van der Waals surface area contributed by atoms with Crippen LogP contribution in [0.3, 0.4) is 0 Å². The highest BCUT2D eigenvalue weighted by Gasteiger charge is 2.34. The predicted molar refractivity (Wildman–Crippen MR) is 100.0 cm³/mol. The third-order valence-electron chi connectivity index (χ3n) is 4.97. The lowest BCUT2D eigenvalue weighted by atomic mass is 9.92. The predicted octanol–water partition coefficient (Wildman–Crippen LogP) is 3.43. The van der Waals surface area contributed by atoms with Gasteiger partial charge in [0.15, 0.2) is 0 Å². The highest BCUT2D eigenvalue weighted by molar-refractivity contribution is 5.94. The van der Waals surface area contributed by atoms with E-state index in [0.717, 1.165) is 6.54 Å². The number of phenols is 1. The monoisotopic (exact) mass is 356 g/mol. The summed E-state index contributed by atoms with van der Waals surface area (Å²) in [6.45, 7) is 4.27. The number of piperidine rings is 1. The quantitative estimate of drug-likeness (QED) is 0.863. The van der Waals surface area contributed by atoms with Crippen LogP contribution in [0.5, 0.6) is 5.75 Å². The van der Waals surface area contributed by atoms with Gasteiger partial charge in [0.2, 0.25) is 0 Å². The first-order chi connectivity index (χ1) is 12.4. The summed E-state index contributed by atoms with van der Waals surface area (Å²) in [5.74, 6) is -0.214. The molecule has 0 radical (unpaired) electrons. The Morgan fingerprint density at radius 2 is 1.73 bits per heavy atom. The second-order valence-corrected chi connectivity index (χ2v) is 7.14. The van der Waals surface area contributed by atoms with E-state index < -0.39 is 5.67 Å². The topological polar surface area (TPSA) is 52.6 Å². The Morgan fingerprint density at radius 3 is 2.35 bits per heavy atom. The smallest absolute Gasteiger partial charge is 0.251 e. The number of carbonyl (C=O) groups excluding carboxylic acids is 1. The minimum absolute atomic E-state index is 0.0189. The molecule has 2 aromatic rings. The highest BCUT2D eigenvalue weighted by Crippen LogP contribution is 2.27. The number of likely N-dealkylation sites (tertiary alicyclic amines) is 1. The maximum atomic E-state index is 15.0. The van der Waals surface area contributed by atoms with E-state index in [9.17, 15) is 14.3 Å². The number of benzene rings is 2. The molecule has 1 aliphatic heterocycles. The van der Waals surface area contributed by atoms with Crippen molar-refractivity contribution in [3.05, 3.63) is 65.2 Å². The van der Waals surface area contributed by atoms with Crippen LogP contribution in [0.15, 0.2) is 48.5 Å². The zero-order valence-electron chi connectivity index (χ0n) is 15.0. The number of amides is 1. The molecule has 0 atom stereocenters. The summed E-state index contributed by atoms with van der Waals surface area (Å²) in [4.78, 5) is 14.4. The van der Waals surface area contributed by atoms with Gasteiger partial charge >= 0.3 is 0 Å². The Morgan fingerprint density at radius 1 is 1.12 bits per heavy atom. The van der Waals surface area contributed by atoms with E-state index in [0.29, 0.717) is 31.5 Å². The van der Waals surface area contributed by atoms with Crippen molar-refractivity contribution in [2.75, 3.05) is 19.6 Å². The molecule has 1 fully saturated rings. The van der Waals surface area contributed by atoms with E-state index in [1.807, 2.05) is 0 Å². The number of aryl methyl sites for hydroxylation is 1. The zero-order chi connectivity index (χ0) is 18.6. The molecule has 1 amide bonds. The number of phenolic OH excluding ortho intramolecular Hbond substituents is 1. The number of carbonyl (C=O) groups is 1. The van der Waals surface area contributed by atoms with Crippen molar-refractivity contribution in [3.63, 3.8) is 0 Å². The third kappa shape index (κ3) is 4.82. The molecule has 0 bridgehead atoms. The van der Waals surface area contributed by atoms with Crippen LogP contribution in [0.2, 0.25) is 0 Å². The van der Waals surface area contributed by atoms with Gasteiger partial charge in [0.25, 0.3) is 5.91 Å². The zero-order valence-corrected chi connectivity index (χ0v) is 15.0. The van der Waals surface area contributed by atoms with Gasteiger partial charge in [0, 0.05) is 25.2 Å². The molecule has 2 N–H and O–H groups in total. The van der Waals surface area contributed by atoms with Gasteiger partial charge in [-0.25, -0.2) is 4.39 Å². The molecule has 0 spiro atoms. The molecule has 26 heavy (non-hydrogen) atoms. The first kappa shape index (κ1) is 18.4. The first-order valence-corrected chi connectivity index (χ1v) is 8.98. The number of hydrogen-bond donors (Lipinski definition) is 2. The number of nitrogens with zero attached hydrogens (tertiary/aromatic N) is 1. The fourth-order valence-corrected chi connectivity index (χ4v) is 3.19. The summed E-state index contributed by atoms with van der Waals surface area (Å²) in [6.07, 6.45) is 0.823. The summed E-state index contributed by atoms with van der Waals surface area (Å²) >= 11 is 0. The standard InChI is InChI=1S/C21H25FN2O2/c1-16-2-4-17(5-3-16)14-24-12-10-21(22,11-13-24)15-23-20(26)18-6-8-19(25)9-7-18/h2-9,25H,10-15H2,1H3,(H,23,26). The van der Waals surface area contributed by atoms with E-state index in [1.165, 1.54) is 35.4 Å². The second-order valence-electron chi connectivity index (χ2n) is 7.14. The van der Waals surface area contributed by atoms with Crippen LogP contribution in [0.4, 0.5) is 4.39 Å². The van der Waals surface area contributed by atoms with Crippen LogP contribution in [-0.4, -0.2) is 41.2 Å². The van der Waals surface area contributed by atoms with Crippen LogP contribution in [0.1, 0.15) is 34.3 Å². The van der Waals surface area contributed by atoms with Crippen molar-refractivity contribution < 1.29 is 14.3 Å². The molecule has 2 aromatic carbocycles. The molecular weight excluding hydrogens is 331 g/mol. The van der Waals surface area contributed by atoms with Crippen molar-refractivity contribution in [1.29, 1.82) is 0 Å². The van der Waals surface area contributed by atoms with Gasteiger partial charge in [-0.3, -0.25) is 9.69 Å². The van der Waals surface area contributed by atoms with E-state index in [-0.39, 0.29) is 18.2 Å². The average Bonchev–Trinajstić information content (AvgIpc) is 2.64. The van der Waals surface area contributed by atoms with Crippen molar-refractivity contribution in [2.24, 2.45) is 0 Å². The van der Waals surface area contributed by atoms with Crippen LogP contribution in [0, 0.1) is 6.92 Å². The van der Waals surface area contributed by atoms with Crippen molar-refractivity contribution >= 4 is 5.91 Å². The van der Waals surface area contributed by atoms with Gasteiger partial charge in [0.1, 0.15) is 11.4 Å². The van der Waals surface area contributed by atoms with Gasteiger partial charge in [-0.05, 0) is 49.6 Å². The molecule has 3 rings (SSSR count). The average molecular weight is 356 g/mol. The Labute approximate surface area is 153 Å². The SMILES string of the molecule is Cc1ccc(CN2CCC(F)(CNC(=O)c3ccc(O)cc3)CC2)cc1. The lowest BCUT2D eigenvalue weighted by Crippen LogP contribution is -2.48. The van der Waals surface area contributed by atoms with E-state index >= 15 is 0 Å². The van der Waals surface area contributed by atoms with E-state index in [1.54, 1.807) is 0 Å². The van der Waals surface area contributed by atoms with Crippen LogP contribution in [-0.2, 0) is 6.54 Å². The summed E-state index contributed by atoms with van der Waals surface area (Å²) < 4.78 is 15.0. The number of halogens is 1. The summed E-state index contributed by atoms with van der Waals surface area (Å²) in [5.41, 5.74) is 1.53. The molecule has 5 heteroatoms. The molecule has 1 saturated heterocycles. The molecule has 0 saturated carbocycles.